The van der Waals surface area contributed by atoms with Crippen molar-refractivity contribution >= 4 is 27.5 Å². The number of anilines is 1. The van der Waals surface area contributed by atoms with Gasteiger partial charge in [-0.3, -0.25) is 13.9 Å². The van der Waals surface area contributed by atoms with Crippen molar-refractivity contribution in [3.05, 3.63) is 120 Å². The van der Waals surface area contributed by atoms with E-state index < -0.39 is 28.5 Å². The van der Waals surface area contributed by atoms with Crippen LogP contribution in [0.2, 0.25) is 0 Å². The maximum absolute atomic E-state index is 14.7. The van der Waals surface area contributed by atoms with Crippen molar-refractivity contribution < 1.29 is 27.5 Å². The summed E-state index contributed by atoms with van der Waals surface area (Å²) in [7, 11) is -2.62. The summed E-state index contributed by atoms with van der Waals surface area (Å²) in [4.78, 5) is 30.6. The molecule has 2 amide bonds. The summed E-state index contributed by atoms with van der Waals surface area (Å²) in [6.07, 6.45) is 5.23. The van der Waals surface area contributed by atoms with Gasteiger partial charge in [0.05, 0.1) is 24.3 Å². The van der Waals surface area contributed by atoms with Gasteiger partial charge in [-0.1, -0.05) is 79.9 Å². The van der Waals surface area contributed by atoms with Crippen molar-refractivity contribution in [2.75, 3.05) is 24.6 Å². The van der Waals surface area contributed by atoms with Gasteiger partial charge in [0.15, 0.2) is 0 Å². The van der Waals surface area contributed by atoms with Crippen molar-refractivity contribution in [1.82, 2.24) is 10.2 Å². The Labute approximate surface area is 289 Å². The minimum Gasteiger partial charge on any atom is -0.497 e. The molecule has 1 saturated carbocycles. The van der Waals surface area contributed by atoms with Gasteiger partial charge in [-0.05, 0) is 79.4 Å². The van der Waals surface area contributed by atoms with E-state index in [1.165, 1.54) is 17.0 Å². The maximum atomic E-state index is 14.7. The summed E-state index contributed by atoms with van der Waals surface area (Å²) in [6, 6.07) is 30.7. The second-order valence-electron chi connectivity index (χ2n) is 12.2. The van der Waals surface area contributed by atoms with E-state index in [4.69, 9.17) is 9.47 Å². The number of ether oxygens (including phenoxy) is 2. The Morgan fingerprint density at radius 1 is 0.816 bits per heavy atom. The second-order valence-corrected chi connectivity index (χ2v) is 14.0. The summed E-state index contributed by atoms with van der Waals surface area (Å²) in [5, 5.41) is 3.24. The topological polar surface area (TPSA) is 105 Å². The number of methoxy groups -OCH3 is 1. The van der Waals surface area contributed by atoms with Gasteiger partial charge >= 0.3 is 0 Å². The van der Waals surface area contributed by atoms with Crippen LogP contribution < -0.4 is 19.1 Å². The Hall–Kier alpha value is -4.83. The number of hydrogen-bond donors (Lipinski definition) is 1. The van der Waals surface area contributed by atoms with E-state index in [2.05, 4.69) is 5.32 Å². The fourth-order valence-electron chi connectivity index (χ4n) is 6.19. The van der Waals surface area contributed by atoms with Crippen molar-refractivity contribution in [3.8, 4) is 11.5 Å². The average molecular weight is 684 g/mol. The van der Waals surface area contributed by atoms with Crippen molar-refractivity contribution in [3.63, 3.8) is 0 Å². The molecule has 258 valence electrons. The zero-order valence-electron chi connectivity index (χ0n) is 28.2. The van der Waals surface area contributed by atoms with Crippen LogP contribution in [0.25, 0.3) is 0 Å². The predicted molar refractivity (Wildman–Crippen MR) is 191 cm³/mol. The fourth-order valence-corrected chi connectivity index (χ4v) is 7.62. The van der Waals surface area contributed by atoms with Crippen LogP contribution in [-0.2, 0) is 32.6 Å². The van der Waals surface area contributed by atoms with Gasteiger partial charge in [-0.15, -0.1) is 0 Å². The van der Waals surface area contributed by atoms with Gasteiger partial charge in [0.25, 0.3) is 10.0 Å². The summed E-state index contributed by atoms with van der Waals surface area (Å²) in [5.74, 6) is 0.414. The molecule has 0 bridgehead atoms. The number of rotatable bonds is 15. The molecule has 1 unspecified atom stereocenters. The summed E-state index contributed by atoms with van der Waals surface area (Å²) >= 11 is 0. The molecule has 0 heterocycles. The maximum Gasteiger partial charge on any atom is 0.264 e. The van der Waals surface area contributed by atoms with Gasteiger partial charge in [0, 0.05) is 19.0 Å². The molecule has 9 nitrogen and oxygen atoms in total. The highest BCUT2D eigenvalue weighted by molar-refractivity contribution is 7.92. The molecule has 0 aromatic heterocycles. The first-order valence-electron chi connectivity index (χ1n) is 16.9. The number of nitrogens with one attached hydrogen (secondary N) is 1. The highest BCUT2D eigenvalue weighted by atomic mass is 32.2. The lowest BCUT2D eigenvalue weighted by molar-refractivity contribution is -0.140. The van der Waals surface area contributed by atoms with Gasteiger partial charge in [0.1, 0.15) is 24.1 Å². The minimum absolute atomic E-state index is 0.0205. The molecule has 0 aliphatic heterocycles. The first-order chi connectivity index (χ1) is 23.8. The number of amides is 2. The van der Waals surface area contributed by atoms with Crippen LogP contribution >= 0.6 is 0 Å². The van der Waals surface area contributed by atoms with Gasteiger partial charge in [0.2, 0.25) is 11.8 Å². The Bertz CT molecular complexity index is 1760. The highest BCUT2D eigenvalue weighted by Gasteiger charge is 2.35. The zero-order chi connectivity index (χ0) is 34.6. The number of sulfonamides is 1. The molecular weight excluding hydrogens is 639 g/mol. The van der Waals surface area contributed by atoms with E-state index in [0.717, 1.165) is 47.5 Å². The lowest BCUT2D eigenvalue weighted by atomic mass is 9.94. The van der Waals surface area contributed by atoms with E-state index in [-0.39, 0.29) is 29.8 Å². The Balaban J connectivity index is 1.56. The van der Waals surface area contributed by atoms with E-state index >= 15 is 0 Å². The molecule has 1 fully saturated rings. The largest absolute Gasteiger partial charge is 0.497 e. The number of benzene rings is 4. The van der Waals surface area contributed by atoms with Crippen LogP contribution in [0.1, 0.15) is 50.2 Å². The van der Waals surface area contributed by atoms with Crippen LogP contribution in [0.4, 0.5) is 5.69 Å². The average Bonchev–Trinajstić information content (AvgIpc) is 3.13. The Morgan fingerprint density at radius 3 is 2.12 bits per heavy atom. The molecule has 1 atom stereocenters. The van der Waals surface area contributed by atoms with Gasteiger partial charge < -0.3 is 19.7 Å². The minimum atomic E-state index is -4.19. The monoisotopic (exact) mass is 683 g/mol. The first kappa shape index (κ1) is 35.5. The number of carbonyl (C=O) groups excluding carboxylic acids is 2. The van der Waals surface area contributed by atoms with E-state index in [0.29, 0.717) is 23.8 Å². The molecule has 49 heavy (non-hydrogen) atoms. The predicted octanol–water partition coefficient (Wildman–Crippen LogP) is 6.38. The smallest absolute Gasteiger partial charge is 0.264 e. The standard InChI is InChI=1S/C39H45N3O6S/c1-3-48-34-24-22-33(23-25-34)42(49(45,46)36-20-11-6-12-21-36)29-38(43)41(28-31-16-13-19-35(26-31)47-2)37(27-30-14-7-4-8-15-30)39(44)40-32-17-9-5-10-18-32/h4,6-8,11-16,19-26,32,37H,3,5,9-10,17-18,27-29H2,1-2H3,(H,40,44). The Kier molecular flexibility index (Phi) is 12.3. The van der Waals surface area contributed by atoms with Gasteiger partial charge in [-0.25, -0.2) is 8.42 Å². The summed E-state index contributed by atoms with van der Waals surface area (Å²) < 4.78 is 40.6. The van der Waals surface area contributed by atoms with E-state index in [1.807, 2.05) is 61.5 Å². The number of carbonyl (C=O) groups is 2. The van der Waals surface area contributed by atoms with Gasteiger partial charge in [-0.2, -0.15) is 0 Å². The third-order valence-corrected chi connectivity index (χ3v) is 10.5. The third kappa shape index (κ3) is 9.41. The molecular formula is C39H45N3O6S. The van der Waals surface area contributed by atoms with Crippen LogP contribution in [0.3, 0.4) is 0 Å². The molecule has 1 N–H and O–H groups in total. The van der Waals surface area contributed by atoms with Crippen LogP contribution in [-0.4, -0.2) is 57.5 Å². The quantitative estimate of drug-likeness (QED) is 0.156. The van der Waals surface area contributed by atoms with Crippen LogP contribution in [0, 0.1) is 0 Å². The lowest BCUT2D eigenvalue weighted by Gasteiger charge is -2.35. The molecule has 5 rings (SSSR count). The summed E-state index contributed by atoms with van der Waals surface area (Å²) in [5.41, 5.74) is 1.93. The van der Waals surface area contributed by atoms with Crippen molar-refractivity contribution in [1.29, 1.82) is 0 Å². The normalized spacial score (nSPS) is 14.0. The number of hydrogen-bond acceptors (Lipinski definition) is 6. The van der Waals surface area contributed by atoms with Crippen LogP contribution in [0.5, 0.6) is 11.5 Å². The Morgan fingerprint density at radius 2 is 1.47 bits per heavy atom. The molecule has 4 aromatic rings. The lowest BCUT2D eigenvalue weighted by Crippen LogP contribution is -2.55. The molecule has 1 aliphatic carbocycles. The third-order valence-electron chi connectivity index (χ3n) is 8.76. The molecule has 0 saturated heterocycles. The highest BCUT2D eigenvalue weighted by Crippen LogP contribution is 2.28. The van der Waals surface area contributed by atoms with Crippen molar-refractivity contribution in [2.45, 2.75) is 69.0 Å². The second kappa shape index (κ2) is 17.0. The number of nitrogens with zero attached hydrogens (tertiary/aromatic N) is 2. The molecule has 10 heteroatoms. The molecule has 1 aliphatic rings. The van der Waals surface area contributed by atoms with Crippen molar-refractivity contribution in [2.24, 2.45) is 0 Å². The van der Waals surface area contributed by atoms with E-state index in [1.54, 1.807) is 49.6 Å². The molecule has 0 spiro atoms. The summed E-state index contributed by atoms with van der Waals surface area (Å²) in [6.45, 7) is 1.85. The fraction of sp³-hybridized carbons (Fsp3) is 0.333. The SMILES string of the molecule is CCOc1ccc(N(CC(=O)N(Cc2cccc(OC)c2)C(Cc2ccccc2)C(=O)NC2CCCCC2)S(=O)(=O)c2ccccc2)cc1. The van der Waals surface area contributed by atoms with Crippen LogP contribution in [0.15, 0.2) is 114 Å². The first-order valence-corrected chi connectivity index (χ1v) is 18.3. The molecule has 4 aromatic carbocycles. The molecule has 0 radical (unpaired) electrons. The zero-order valence-corrected chi connectivity index (χ0v) is 29.0. The van der Waals surface area contributed by atoms with E-state index in [9.17, 15) is 18.0 Å².